The van der Waals surface area contributed by atoms with Gasteiger partial charge in [0.1, 0.15) is 0 Å². The largest absolute Gasteiger partial charge is 0.243 e. The summed E-state index contributed by atoms with van der Waals surface area (Å²) >= 11 is 0. The van der Waals surface area contributed by atoms with E-state index in [1.807, 2.05) is 13.8 Å². The minimum Gasteiger partial charge on any atom is -0.243 e. The summed E-state index contributed by atoms with van der Waals surface area (Å²) in [5.74, 6) is 0. The van der Waals surface area contributed by atoms with Crippen LogP contribution in [-0.4, -0.2) is 15.5 Å². The van der Waals surface area contributed by atoms with Gasteiger partial charge in [0.05, 0.1) is 11.0 Å². The number of hydrogen-bond acceptors (Lipinski definition) is 1. The lowest BCUT2D eigenvalue weighted by atomic mass is 9.93. The fourth-order valence-electron chi connectivity index (χ4n) is 1.44. The summed E-state index contributed by atoms with van der Waals surface area (Å²) in [6, 6.07) is 0.439. The van der Waals surface area contributed by atoms with Gasteiger partial charge in [-0.3, -0.25) is 0 Å². The van der Waals surface area contributed by atoms with Crippen LogP contribution in [0.25, 0.3) is 0 Å². The monoisotopic (exact) mass is 201 g/mol. The average Bonchev–Trinajstić information content (AvgIpc) is 2.08. The molecule has 1 atom stereocenters. The van der Waals surface area contributed by atoms with Gasteiger partial charge in [-0.05, 0) is 39.5 Å². The third kappa shape index (κ3) is 3.61. The van der Waals surface area contributed by atoms with Gasteiger partial charge in [0.2, 0.25) is 0 Å². The molecule has 1 aliphatic rings. The fourth-order valence-corrected chi connectivity index (χ4v) is 2.28. The van der Waals surface area contributed by atoms with Gasteiger partial charge in [0, 0.05) is 11.3 Å². The maximum Gasteiger partial charge on any atom is 0.0943 e. The fraction of sp³-hybridized carbons (Fsp3) is 0.800. The molecule has 3 heteroatoms. The molecule has 13 heavy (non-hydrogen) atoms. The predicted molar refractivity (Wildman–Crippen MR) is 57.8 cm³/mol. The van der Waals surface area contributed by atoms with Crippen molar-refractivity contribution in [3.05, 3.63) is 12.2 Å². The highest BCUT2D eigenvalue weighted by Crippen LogP contribution is 2.22. The summed E-state index contributed by atoms with van der Waals surface area (Å²) < 4.78 is 14.6. The van der Waals surface area contributed by atoms with Gasteiger partial charge in [-0.1, -0.05) is 12.2 Å². The molecule has 1 N–H and O–H groups in total. The standard InChI is InChI=1S/C10H19NOS/c1-8(2)13(12)11-10-6-4-9(3)5-7-10/h8,10-11H,3-7H2,1-2H3. The molecule has 1 unspecified atom stereocenters. The van der Waals surface area contributed by atoms with E-state index in [0.29, 0.717) is 6.04 Å². The van der Waals surface area contributed by atoms with Crippen LogP contribution in [0.15, 0.2) is 12.2 Å². The topological polar surface area (TPSA) is 29.1 Å². The summed E-state index contributed by atoms with van der Waals surface area (Å²) in [6.07, 6.45) is 4.37. The molecule has 0 heterocycles. The van der Waals surface area contributed by atoms with E-state index in [1.54, 1.807) is 0 Å². The lowest BCUT2D eigenvalue weighted by molar-refractivity contribution is 0.479. The van der Waals surface area contributed by atoms with E-state index in [-0.39, 0.29) is 5.25 Å². The van der Waals surface area contributed by atoms with Gasteiger partial charge >= 0.3 is 0 Å². The van der Waals surface area contributed by atoms with Crippen LogP contribution in [0.1, 0.15) is 39.5 Å². The highest BCUT2D eigenvalue weighted by molar-refractivity contribution is 7.83. The van der Waals surface area contributed by atoms with Gasteiger partial charge in [0.25, 0.3) is 0 Å². The lowest BCUT2D eigenvalue weighted by Gasteiger charge is -2.24. The second-order valence-electron chi connectivity index (χ2n) is 3.99. The minimum atomic E-state index is -0.860. The van der Waals surface area contributed by atoms with Crippen LogP contribution in [0.5, 0.6) is 0 Å². The molecule has 0 aromatic carbocycles. The van der Waals surface area contributed by atoms with Crippen LogP contribution < -0.4 is 4.72 Å². The first-order valence-electron chi connectivity index (χ1n) is 4.93. The molecule has 1 rings (SSSR count). The third-order valence-corrected chi connectivity index (χ3v) is 3.83. The van der Waals surface area contributed by atoms with Crippen molar-refractivity contribution in [2.45, 2.75) is 50.8 Å². The first kappa shape index (κ1) is 10.9. The Bertz CT molecular complexity index is 203. The quantitative estimate of drug-likeness (QED) is 0.696. The molecular formula is C10H19NOS. The van der Waals surface area contributed by atoms with Crippen molar-refractivity contribution >= 4 is 11.0 Å². The molecule has 0 amide bonds. The van der Waals surface area contributed by atoms with E-state index >= 15 is 0 Å². The summed E-state index contributed by atoms with van der Waals surface area (Å²) in [5.41, 5.74) is 1.34. The van der Waals surface area contributed by atoms with Crippen LogP contribution in [0, 0.1) is 0 Å². The highest BCUT2D eigenvalue weighted by atomic mass is 32.2. The Hall–Kier alpha value is -0.150. The predicted octanol–water partition coefficient (Wildman–Crippen LogP) is 2.15. The molecular weight excluding hydrogens is 182 g/mol. The summed E-state index contributed by atoms with van der Waals surface area (Å²) in [6.45, 7) is 7.91. The van der Waals surface area contributed by atoms with Crippen molar-refractivity contribution in [3.63, 3.8) is 0 Å². The van der Waals surface area contributed by atoms with Crippen LogP contribution in [0.4, 0.5) is 0 Å². The minimum absolute atomic E-state index is 0.213. The summed E-state index contributed by atoms with van der Waals surface area (Å²) in [4.78, 5) is 0. The zero-order chi connectivity index (χ0) is 9.84. The number of hydrogen-bond donors (Lipinski definition) is 1. The van der Waals surface area contributed by atoms with Gasteiger partial charge in [0.15, 0.2) is 0 Å². The Morgan fingerprint density at radius 1 is 1.46 bits per heavy atom. The van der Waals surface area contributed by atoms with Gasteiger partial charge < -0.3 is 0 Å². The van der Waals surface area contributed by atoms with Crippen LogP contribution >= 0.6 is 0 Å². The second kappa shape index (κ2) is 4.91. The van der Waals surface area contributed by atoms with Crippen molar-refractivity contribution in [2.75, 3.05) is 0 Å². The van der Waals surface area contributed by atoms with Crippen LogP contribution in [0.2, 0.25) is 0 Å². The molecule has 2 nitrogen and oxygen atoms in total. The zero-order valence-electron chi connectivity index (χ0n) is 8.51. The molecule has 0 spiro atoms. The molecule has 1 saturated carbocycles. The highest BCUT2D eigenvalue weighted by Gasteiger charge is 2.17. The number of nitrogens with one attached hydrogen (secondary N) is 1. The maximum atomic E-state index is 11.5. The average molecular weight is 201 g/mol. The van der Waals surface area contributed by atoms with Crippen molar-refractivity contribution in [2.24, 2.45) is 0 Å². The van der Waals surface area contributed by atoms with Crippen molar-refractivity contribution in [1.29, 1.82) is 0 Å². The Morgan fingerprint density at radius 2 is 2.00 bits per heavy atom. The zero-order valence-corrected chi connectivity index (χ0v) is 9.32. The van der Waals surface area contributed by atoms with Crippen LogP contribution in [0.3, 0.4) is 0 Å². The number of rotatable bonds is 3. The molecule has 0 radical (unpaired) electrons. The second-order valence-corrected chi connectivity index (χ2v) is 5.76. The summed E-state index contributed by atoms with van der Waals surface area (Å²) in [7, 11) is -0.860. The molecule has 76 valence electrons. The first-order chi connectivity index (χ1) is 6.09. The van der Waals surface area contributed by atoms with E-state index in [4.69, 9.17) is 0 Å². The van der Waals surface area contributed by atoms with Crippen LogP contribution in [-0.2, 0) is 11.0 Å². The Balaban J connectivity index is 2.30. The molecule has 1 fully saturated rings. The van der Waals surface area contributed by atoms with Gasteiger partial charge in [-0.15, -0.1) is 0 Å². The maximum absolute atomic E-state index is 11.5. The smallest absolute Gasteiger partial charge is 0.0943 e. The molecule has 0 aromatic rings. The normalized spacial score (nSPS) is 22.2. The lowest BCUT2D eigenvalue weighted by Crippen LogP contribution is -2.36. The Labute approximate surface area is 83.4 Å². The molecule has 0 bridgehead atoms. The van der Waals surface area contributed by atoms with Crippen molar-refractivity contribution in [1.82, 2.24) is 4.72 Å². The third-order valence-electron chi connectivity index (χ3n) is 2.40. The van der Waals surface area contributed by atoms with E-state index in [2.05, 4.69) is 11.3 Å². The van der Waals surface area contributed by atoms with Gasteiger partial charge in [-0.2, -0.15) is 0 Å². The van der Waals surface area contributed by atoms with E-state index in [1.165, 1.54) is 5.57 Å². The molecule has 0 aromatic heterocycles. The van der Waals surface area contributed by atoms with Crippen molar-refractivity contribution in [3.8, 4) is 0 Å². The Kier molecular flexibility index (Phi) is 4.13. The van der Waals surface area contributed by atoms with Crippen molar-refractivity contribution < 1.29 is 4.21 Å². The number of allylic oxidation sites excluding steroid dienone is 1. The SMILES string of the molecule is C=C1CCC(NS(=O)C(C)C)CC1. The Morgan fingerprint density at radius 3 is 2.46 bits per heavy atom. The molecule has 0 aliphatic heterocycles. The first-order valence-corrected chi connectivity index (χ1v) is 6.14. The van der Waals surface area contributed by atoms with E-state index in [9.17, 15) is 4.21 Å². The molecule has 0 saturated heterocycles. The van der Waals surface area contributed by atoms with E-state index < -0.39 is 11.0 Å². The van der Waals surface area contributed by atoms with E-state index in [0.717, 1.165) is 25.7 Å². The summed E-state index contributed by atoms with van der Waals surface area (Å²) in [5, 5.41) is 0.213. The van der Waals surface area contributed by atoms with Gasteiger partial charge in [-0.25, -0.2) is 8.93 Å². The molecule has 1 aliphatic carbocycles.